The highest BCUT2D eigenvalue weighted by atomic mass is 32.1. The number of rotatable bonds is 3. The normalized spacial score (nSPS) is 19.0. The van der Waals surface area contributed by atoms with Crippen LogP contribution >= 0.6 is 11.3 Å². The van der Waals surface area contributed by atoms with Crippen LogP contribution < -0.4 is 5.73 Å². The largest absolute Gasteiger partial charge is 0.323 e. The summed E-state index contributed by atoms with van der Waals surface area (Å²) in [6.07, 6.45) is 3.99. The second kappa shape index (κ2) is 3.43. The van der Waals surface area contributed by atoms with E-state index >= 15 is 0 Å². The van der Waals surface area contributed by atoms with E-state index in [1.807, 2.05) is 11.3 Å². The third-order valence-corrected chi connectivity index (χ3v) is 4.12. The van der Waals surface area contributed by atoms with E-state index in [-0.39, 0.29) is 0 Å². The average molecular weight is 195 g/mol. The molecule has 2 heteroatoms. The molecule has 1 aromatic rings. The Morgan fingerprint density at radius 3 is 2.69 bits per heavy atom. The summed E-state index contributed by atoms with van der Waals surface area (Å²) in [6, 6.07) is 2.55. The van der Waals surface area contributed by atoms with Gasteiger partial charge < -0.3 is 5.73 Å². The molecular weight excluding hydrogens is 178 g/mol. The minimum Gasteiger partial charge on any atom is -0.323 e. The first kappa shape index (κ1) is 9.22. The van der Waals surface area contributed by atoms with Crippen molar-refractivity contribution in [3.8, 4) is 0 Å². The standard InChI is InChI=1S/C11H17NS/c1-7-5-11(13-8(7)2)10(12)6-9-3-4-9/h5,9-10H,3-4,6,12H2,1-2H3/t10-/m0/s1. The van der Waals surface area contributed by atoms with Gasteiger partial charge in [0.2, 0.25) is 0 Å². The number of aryl methyl sites for hydroxylation is 2. The Bertz CT molecular complexity index is 280. The molecule has 0 amide bonds. The molecule has 0 aromatic carbocycles. The highest BCUT2D eigenvalue weighted by Gasteiger charge is 2.25. The molecule has 1 aliphatic carbocycles. The highest BCUT2D eigenvalue weighted by molar-refractivity contribution is 7.12. The van der Waals surface area contributed by atoms with Gasteiger partial charge in [0.25, 0.3) is 0 Å². The van der Waals surface area contributed by atoms with Crippen molar-refractivity contribution >= 4 is 11.3 Å². The first-order chi connectivity index (χ1) is 6.16. The molecule has 72 valence electrons. The lowest BCUT2D eigenvalue weighted by Crippen LogP contribution is -2.08. The summed E-state index contributed by atoms with van der Waals surface area (Å²) in [4.78, 5) is 2.79. The van der Waals surface area contributed by atoms with E-state index in [0.717, 1.165) is 5.92 Å². The Kier molecular flexibility index (Phi) is 2.43. The Labute approximate surface area is 84.0 Å². The SMILES string of the molecule is Cc1cc([C@@H](N)CC2CC2)sc1C. The Morgan fingerprint density at radius 2 is 2.23 bits per heavy atom. The lowest BCUT2D eigenvalue weighted by atomic mass is 10.1. The monoisotopic (exact) mass is 195 g/mol. The van der Waals surface area contributed by atoms with E-state index in [9.17, 15) is 0 Å². The first-order valence-corrected chi connectivity index (χ1v) is 5.81. The van der Waals surface area contributed by atoms with E-state index in [1.165, 1.54) is 34.6 Å². The van der Waals surface area contributed by atoms with Crippen molar-refractivity contribution in [1.82, 2.24) is 0 Å². The molecule has 1 heterocycles. The quantitative estimate of drug-likeness (QED) is 0.787. The van der Waals surface area contributed by atoms with Gasteiger partial charge in [0.05, 0.1) is 0 Å². The molecule has 2 rings (SSSR count). The van der Waals surface area contributed by atoms with Gasteiger partial charge in [0.15, 0.2) is 0 Å². The maximum Gasteiger partial charge on any atom is 0.0392 e. The van der Waals surface area contributed by atoms with Gasteiger partial charge in [-0.2, -0.15) is 0 Å². The van der Waals surface area contributed by atoms with Gasteiger partial charge >= 0.3 is 0 Å². The van der Waals surface area contributed by atoms with Gasteiger partial charge in [0.1, 0.15) is 0 Å². The van der Waals surface area contributed by atoms with Crippen molar-refractivity contribution in [3.05, 3.63) is 21.4 Å². The molecular formula is C11H17NS. The average Bonchev–Trinajstić information content (AvgIpc) is 2.81. The predicted molar refractivity (Wildman–Crippen MR) is 58.1 cm³/mol. The van der Waals surface area contributed by atoms with Crippen LogP contribution in [0.15, 0.2) is 6.07 Å². The summed E-state index contributed by atoms with van der Waals surface area (Å²) >= 11 is 1.87. The Morgan fingerprint density at radius 1 is 1.54 bits per heavy atom. The molecule has 0 unspecified atom stereocenters. The Hall–Kier alpha value is -0.340. The third-order valence-electron chi connectivity index (χ3n) is 2.83. The Balaban J connectivity index is 2.05. The summed E-state index contributed by atoms with van der Waals surface area (Å²) in [5, 5.41) is 0. The molecule has 1 saturated carbocycles. The predicted octanol–water partition coefficient (Wildman–Crippen LogP) is 3.16. The minimum absolute atomic E-state index is 0.296. The van der Waals surface area contributed by atoms with Crippen molar-refractivity contribution in [3.63, 3.8) is 0 Å². The maximum absolute atomic E-state index is 6.13. The maximum atomic E-state index is 6.13. The second-order valence-corrected chi connectivity index (χ2v) is 5.46. The molecule has 0 radical (unpaired) electrons. The molecule has 2 N–H and O–H groups in total. The fourth-order valence-electron chi connectivity index (χ4n) is 1.61. The van der Waals surface area contributed by atoms with Gasteiger partial charge in [0, 0.05) is 15.8 Å². The highest BCUT2D eigenvalue weighted by Crippen LogP contribution is 2.38. The summed E-state index contributed by atoms with van der Waals surface area (Å²) < 4.78 is 0. The number of nitrogens with two attached hydrogens (primary N) is 1. The fourth-order valence-corrected chi connectivity index (χ4v) is 2.67. The molecule has 0 spiro atoms. The van der Waals surface area contributed by atoms with Gasteiger partial charge in [-0.15, -0.1) is 11.3 Å². The lowest BCUT2D eigenvalue weighted by molar-refractivity contribution is 0.605. The van der Waals surface area contributed by atoms with Crippen LogP contribution in [0.5, 0.6) is 0 Å². The lowest BCUT2D eigenvalue weighted by Gasteiger charge is -2.07. The zero-order valence-corrected chi connectivity index (χ0v) is 9.16. The molecule has 13 heavy (non-hydrogen) atoms. The van der Waals surface area contributed by atoms with Gasteiger partial charge in [-0.05, 0) is 37.8 Å². The van der Waals surface area contributed by atoms with Crippen molar-refractivity contribution in [2.75, 3.05) is 0 Å². The van der Waals surface area contributed by atoms with Gasteiger partial charge in [-0.3, -0.25) is 0 Å². The van der Waals surface area contributed by atoms with Crippen LogP contribution in [0.3, 0.4) is 0 Å². The van der Waals surface area contributed by atoms with Crippen LogP contribution in [0.2, 0.25) is 0 Å². The molecule has 0 aliphatic heterocycles. The fraction of sp³-hybridized carbons (Fsp3) is 0.636. The summed E-state index contributed by atoms with van der Waals surface area (Å²) in [7, 11) is 0. The minimum atomic E-state index is 0.296. The molecule has 1 nitrogen and oxygen atoms in total. The third kappa shape index (κ3) is 2.12. The van der Waals surface area contributed by atoms with Crippen LogP contribution in [0.1, 0.15) is 40.6 Å². The van der Waals surface area contributed by atoms with Crippen LogP contribution in [0.4, 0.5) is 0 Å². The number of thiophene rings is 1. The van der Waals surface area contributed by atoms with Crippen molar-refractivity contribution in [2.24, 2.45) is 11.7 Å². The van der Waals surface area contributed by atoms with Crippen molar-refractivity contribution in [1.29, 1.82) is 0 Å². The first-order valence-electron chi connectivity index (χ1n) is 4.99. The van der Waals surface area contributed by atoms with Crippen molar-refractivity contribution in [2.45, 2.75) is 39.2 Å². The van der Waals surface area contributed by atoms with Gasteiger partial charge in [-0.1, -0.05) is 12.8 Å². The topological polar surface area (TPSA) is 26.0 Å². The van der Waals surface area contributed by atoms with Crippen LogP contribution in [0, 0.1) is 19.8 Å². The zero-order chi connectivity index (χ0) is 9.42. The zero-order valence-electron chi connectivity index (χ0n) is 8.34. The molecule has 0 bridgehead atoms. The van der Waals surface area contributed by atoms with E-state index in [4.69, 9.17) is 5.73 Å². The van der Waals surface area contributed by atoms with E-state index < -0.39 is 0 Å². The van der Waals surface area contributed by atoms with Crippen molar-refractivity contribution < 1.29 is 0 Å². The van der Waals surface area contributed by atoms with E-state index in [2.05, 4.69) is 19.9 Å². The smallest absolute Gasteiger partial charge is 0.0392 e. The van der Waals surface area contributed by atoms with Crippen LogP contribution in [0.25, 0.3) is 0 Å². The summed E-state index contributed by atoms with van der Waals surface area (Å²) in [5.74, 6) is 0.928. The number of hydrogen-bond donors (Lipinski definition) is 1. The van der Waals surface area contributed by atoms with E-state index in [0.29, 0.717) is 6.04 Å². The van der Waals surface area contributed by atoms with Gasteiger partial charge in [-0.25, -0.2) is 0 Å². The summed E-state index contributed by atoms with van der Waals surface area (Å²) in [6.45, 7) is 4.34. The van der Waals surface area contributed by atoms with Crippen LogP contribution in [-0.2, 0) is 0 Å². The molecule has 0 saturated heterocycles. The molecule has 1 aliphatic rings. The molecule has 1 fully saturated rings. The second-order valence-electron chi connectivity index (χ2n) is 4.17. The molecule has 1 atom stereocenters. The van der Waals surface area contributed by atoms with E-state index in [1.54, 1.807) is 0 Å². The number of hydrogen-bond acceptors (Lipinski definition) is 2. The summed E-state index contributed by atoms with van der Waals surface area (Å²) in [5.41, 5.74) is 7.52. The van der Waals surface area contributed by atoms with Crippen LogP contribution in [-0.4, -0.2) is 0 Å². The molecule has 1 aromatic heterocycles.